The highest BCUT2D eigenvalue weighted by Gasteiger charge is 2.19. The molecule has 0 amide bonds. The summed E-state index contributed by atoms with van der Waals surface area (Å²) in [6, 6.07) is 5.50. The fourth-order valence-electron chi connectivity index (χ4n) is 2.48. The molecule has 3 rings (SSSR count). The van der Waals surface area contributed by atoms with Crippen molar-refractivity contribution in [3.05, 3.63) is 42.1 Å². The zero-order chi connectivity index (χ0) is 14.8. The first-order chi connectivity index (χ1) is 10.1. The van der Waals surface area contributed by atoms with Gasteiger partial charge >= 0.3 is 0 Å². The summed E-state index contributed by atoms with van der Waals surface area (Å²) in [6.45, 7) is 1.51. The predicted molar refractivity (Wildman–Crippen MR) is 76.8 cm³/mol. The van der Waals surface area contributed by atoms with E-state index in [1.165, 1.54) is 30.5 Å². The molecule has 4 nitrogen and oxygen atoms in total. The summed E-state index contributed by atoms with van der Waals surface area (Å²) in [5.41, 5.74) is 6.01. The SMILES string of the molecule is NC1CCN(c2nccc(-c3c(F)cccc3F)n2)CC1. The molecule has 21 heavy (non-hydrogen) atoms. The average molecular weight is 290 g/mol. The van der Waals surface area contributed by atoms with Crippen LogP contribution < -0.4 is 10.6 Å². The number of benzene rings is 1. The smallest absolute Gasteiger partial charge is 0.225 e. The Kier molecular flexibility index (Phi) is 3.79. The van der Waals surface area contributed by atoms with Gasteiger partial charge in [-0.3, -0.25) is 0 Å². The molecule has 0 unspecified atom stereocenters. The Balaban J connectivity index is 1.93. The van der Waals surface area contributed by atoms with Gasteiger partial charge in [-0.25, -0.2) is 18.7 Å². The second-order valence-corrected chi connectivity index (χ2v) is 5.16. The third kappa shape index (κ3) is 2.85. The molecule has 1 fully saturated rings. The van der Waals surface area contributed by atoms with E-state index in [0.29, 0.717) is 5.95 Å². The van der Waals surface area contributed by atoms with Crippen LogP contribution in [0.25, 0.3) is 11.3 Å². The number of nitrogens with two attached hydrogens (primary N) is 1. The van der Waals surface area contributed by atoms with Crippen molar-refractivity contribution >= 4 is 5.95 Å². The Morgan fingerprint density at radius 3 is 2.43 bits per heavy atom. The second-order valence-electron chi connectivity index (χ2n) is 5.16. The highest BCUT2D eigenvalue weighted by molar-refractivity contribution is 5.61. The van der Waals surface area contributed by atoms with Crippen LogP contribution in [0, 0.1) is 11.6 Å². The third-order valence-electron chi connectivity index (χ3n) is 3.68. The highest BCUT2D eigenvalue weighted by Crippen LogP contribution is 2.25. The molecule has 2 heterocycles. The van der Waals surface area contributed by atoms with Crippen molar-refractivity contribution in [1.82, 2.24) is 9.97 Å². The molecule has 1 saturated heterocycles. The molecule has 0 radical (unpaired) electrons. The van der Waals surface area contributed by atoms with Crippen LogP contribution in [0.1, 0.15) is 12.8 Å². The van der Waals surface area contributed by atoms with Crippen molar-refractivity contribution in [3.8, 4) is 11.3 Å². The molecular weight excluding hydrogens is 274 g/mol. The van der Waals surface area contributed by atoms with Crippen LogP contribution in [0.5, 0.6) is 0 Å². The predicted octanol–water partition coefficient (Wildman–Crippen LogP) is 2.35. The standard InChI is InChI=1S/C15H16F2N4/c16-11-2-1-3-12(17)14(11)13-4-7-19-15(20-13)21-8-5-10(18)6-9-21/h1-4,7,10H,5-6,8-9,18H2. The van der Waals surface area contributed by atoms with Crippen LogP contribution in [0.3, 0.4) is 0 Å². The summed E-state index contributed by atoms with van der Waals surface area (Å²) in [4.78, 5) is 10.5. The summed E-state index contributed by atoms with van der Waals surface area (Å²) in [7, 11) is 0. The first-order valence-corrected chi connectivity index (χ1v) is 6.93. The fourth-order valence-corrected chi connectivity index (χ4v) is 2.48. The Morgan fingerprint density at radius 2 is 1.76 bits per heavy atom. The van der Waals surface area contributed by atoms with Crippen LogP contribution in [0.15, 0.2) is 30.5 Å². The molecule has 0 atom stereocenters. The first-order valence-electron chi connectivity index (χ1n) is 6.93. The van der Waals surface area contributed by atoms with Crippen LogP contribution >= 0.6 is 0 Å². The number of rotatable bonds is 2. The van der Waals surface area contributed by atoms with Gasteiger partial charge in [-0.1, -0.05) is 6.07 Å². The van der Waals surface area contributed by atoms with Gasteiger partial charge in [0.15, 0.2) is 0 Å². The van der Waals surface area contributed by atoms with E-state index in [1.54, 1.807) is 0 Å². The highest BCUT2D eigenvalue weighted by atomic mass is 19.1. The van der Waals surface area contributed by atoms with E-state index in [1.807, 2.05) is 4.90 Å². The average Bonchev–Trinajstić information content (AvgIpc) is 2.48. The lowest BCUT2D eigenvalue weighted by Gasteiger charge is -2.30. The minimum absolute atomic E-state index is 0.116. The lowest BCUT2D eigenvalue weighted by atomic mass is 10.1. The fraction of sp³-hybridized carbons (Fsp3) is 0.333. The van der Waals surface area contributed by atoms with Gasteiger partial charge in [0.05, 0.1) is 11.3 Å². The van der Waals surface area contributed by atoms with Crippen molar-refractivity contribution in [2.75, 3.05) is 18.0 Å². The summed E-state index contributed by atoms with van der Waals surface area (Å²) < 4.78 is 27.7. The van der Waals surface area contributed by atoms with E-state index < -0.39 is 11.6 Å². The molecule has 1 aromatic heterocycles. The van der Waals surface area contributed by atoms with E-state index in [0.717, 1.165) is 25.9 Å². The number of hydrogen-bond acceptors (Lipinski definition) is 4. The van der Waals surface area contributed by atoms with Gasteiger partial charge in [-0.2, -0.15) is 0 Å². The monoisotopic (exact) mass is 290 g/mol. The number of anilines is 1. The molecule has 2 N–H and O–H groups in total. The van der Waals surface area contributed by atoms with Crippen LogP contribution in [0.2, 0.25) is 0 Å². The van der Waals surface area contributed by atoms with Gasteiger partial charge in [0.1, 0.15) is 11.6 Å². The third-order valence-corrected chi connectivity index (χ3v) is 3.68. The van der Waals surface area contributed by atoms with Gasteiger partial charge in [0.2, 0.25) is 5.95 Å². The minimum atomic E-state index is -0.625. The van der Waals surface area contributed by atoms with E-state index in [2.05, 4.69) is 9.97 Å². The molecule has 0 aliphatic carbocycles. The van der Waals surface area contributed by atoms with Gasteiger partial charge in [0.25, 0.3) is 0 Å². The van der Waals surface area contributed by atoms with E-state index >= 15 is 0 Å². The Morgan fingerprint density at radius 1 is 1.10 bits per heavy atom. The van der Waals surface area contributed by atoms with E-state index in [4.69, 9.17) is 5.73 Å². The molecule has 2 aromatic rings. The molecule has 1 aliphatic heterocycles. The quantitative estimate of drug-likeness (QED) is 0.922. The summed E-state index contributed by atoms with van der Waals surface area (Å²) in [6.07, 6.45) is 3.25. The first kappa shape index (κ1) is 13.9. The Bertz CT molecular complexity index is 619. The van der Waals surface area contributed by atoms with Crippen molar-refractivity contribution in [2.45, 2.75) is 18.9 Å². The van der Waals surface area contributed by atoms with Gasteiger partial charge in [-0.15, -0.1) is 0 Å². The molecule has 0 saturated carbocycles. The number of piperidine rings is 1. The number of aromatic nitrogens is 2. The molecule has 0 bridgehead atoms. The molecule has 1 aliphatic rings. The topological polar surface area (TPSA) is 55.0 Å². The van der Waals surface area contributed by atoms with Crippen LogP contribution in [0.4, 0.5) is 14.7 Å². The van der Waals surface area contributed by atoms with Gasteiger partial charge in [0, 0.05) is 25.3 Å². The summed E-state index contributed by atoms with van der Waals surface area (Å²) >= 11 is 0. The maximum Gasteiger partial charge on any atom is 0.225 e. The Hall–Kier alpha value is -2.08. The largest absolute Gasteiger partial charge is 0.341 e. The lowest BCUT2D eigenvalue weighted by Crippen LogP contribution is -2.40. The van der Waals surface area contributed by atoms with Crippen molar-refractivity contribution in [2.24, 2.45) is 5.73 Å². The van der Waals surface area contributed by atoms with Crippen LogP contribution in [-0.4, -0.2) is 29.1 Å². The maximum absolute atomic E-state index is 13.8. The molecule has 1 aromatic carbocycles. The molecule has 6 heteroatoms. The van der Waals surface area contributed by atoms with E-state index in [-0.39, 0.29) is 17.3 Å². The normalized spacial score (nSPS) is 16.2. The zero-order valence-corrected chi connectivity index (χ0v) is 11.5. The molecule has 110 valence electrons. The minimum Gasteiger partial charge on any atom is -0.341 e. The maximum atomic E-state index is 13.8. The van der Waals surface area contributed by atoms with Crippen molar-refractivity contribution in [1.29, 1.82) is 0 Å². The number of nitrogens with zero attached hydrogens (tertiary/aromatic N) is 3. The van der Waals surface area contributed by atoms with E-state index in [9.17, 15) is 8.78 Å². The zero-order valence-electron chi connectivity index (χ0n) is 11.5. The van der Waals surface area contributed by atoms with Crippen molar-refractivity contribution < 1.29 is 8.78 Å². The molecular formula is C15H16F2N4. The van der Waals surface area contributed by atoms with Crippen molar-refractivity contribution in [3.63, 3.8) is 0 Å². The summed E-state index contributed by atoms with van der Waals surface area (Å²) in [5, 5.41) is 0. The number of halogens is 2. The Labute approximate surface area is 121 Å². The lowest BCUT2D eigenvalue weighted by molar-refractivity contribution is 0.495. The van der Waals surface area contributed by atoms with Crippen LogP contribution in [-0.2, 0) is 0 Å². The summed E-state index contributed by atoms with van der Waals surface area (Å²) in [5.74, 6) is -0.761. The van der Waals surface area contributed by atoms with Gasteiger partial charge in [-0.05, 0) is 31.0 Å². The van der Waals surface area contributed by atoms with Gasteiger partial charge < -0.3 is 10.6 Å². The second kappa shape index (κ2) is 5.73. The molecule has 0 spiro atoms. The number of hydrogen-bond donors (Lipinski definition) is 1.